The second kappa shape index (κ2) is 10.8. The SMILES string of the molecule is CCCCCCCCCCC1CCCCC(O)C1. The molecular formula is C17H34O. The summed E-state index contributed by atoms with van der Waals surface area (Å²) in [7, 11) is 0. The van der Waals surface area contributed by atoms with E-state index in [0.29, 0.717) is 0 Å². The van der Waals surface area contributed by atoms with E-state index in [0.717, 1.165) is 18.8 Å². The molecule has 0 radical (unpaired) electrons. The Morgan fingerprint density at radius 2 is 1.44 bits per heavy atom. The Morgan fingerprint density at radius 3 is 2.17 bits per heavy atom. The van der Waals surface area contributed by atoms with E-state index in [1.54, 1.807) is 0 Å². The smallest absolute Gasteiger partial charge is 0.0542 e. The van der Waals surface area contributed by atoms with Crippen molar-refractivity contribution < 1.29 is 5.11 Å². The highest BCUT2D eigenvalue weighted by Gasteiger charge is 2.17. The van der Waals surface area contributed by atoms with Crippen molar-refractivity contribution in [3.05, 3.63) is 0 Å². The molecule has 1 saturated carbocycles. The van der Waals surface area contributed by atoms with Crippen LogP contribution in [0.1, 0.15) is 96.8 Å². The first kappa shape index (κ1) is 16.0. The molecule has 1 aliphatic carbocycles. The third-order valence-electron chi connectivity index (χ3n) is 4.47. The molecule has 1 fully saturated rings. The van der Waals surface area contributed by atoms with Crippen molar-refractivity contribution in [1.29, 1.82) is 0 Å². The summed E-state index contributed by atoms with van der Waals surface area (Å²) >= 11 is 0. The van der Waals surface area contributed by atoms with Gasteiger partial charge < -0.3 is 5.11 Å². The summed E-state index contributed by atoms with van der Waals surface area (Å²) in [4.78, 5) is 0. The first-order valence-corrected chi connectivity index (χ1v) is 8.51. The van der Waals surface area contributed by atoms with Crippen LogP contribution in [0.5, 0.6) is 0 Å². The number of aliphatic hydroxyl groups is 1. The first-order chi connectivity index (χ1) is 8.83. The van der Waals surface area contributed by atoms with Crippen molar-refractivity contribution in [3.63, 3.8) is 0 Å². The maximum atomic E-state index is 9.78. The van der Waals surface area contributed by atoms with Crippen molar-refractivity contribution in [2.24, 2.45) is 5.92 Å². The fourth-order valence-electron chi connectivity index (χ4n) is 3.26. The first-order valence-electron chi connectivity index (χ1n) is 8.51. The van der Waals surface area contributed by atoms with Crippen LogP contribution in [0, 0.1) is 5.92 Å². The van der Waals surface area contributed by atoms with Crippen molar-refractivity contribution in [1.82, 2.24) is 0 Å². The summed E-state index contributed by atoms with van der Waals surface area (Å²) < 4.78 is 0. The zero-order valence-electron chi connectivity index (χ0n) is 12.5. The average Bonchev–Trinajstić information content (AvgIpc) is 2.57. The molecular weight excluding hydrogens is 220 g/mol. The summed E-state index contributed by atoms with van der Waals surface area (Å²) in [6.07, 6.45) is 18.8. The standard InChI is InChI=1S/C17H34O/c1-2-3-4-5-6-7-8-9-12-16-13-10-11-14-17(18)15-16/h16-18H,2-15H2,1H3. The molecule has 0 saturated heterocycles. The van der Waals surface area contributed by atoms with Gasteiger partial charge in [0.25, 0.3) is 0 Å². The summed E-state index contributed by atoms with van der Waals surface area (Å²) in [5.41, 5.74) is 0. The van der Waals surface area contributed by atoms with E-state index >= 15 is 0 Å². The maximum absolute atomic E-state index is 9.78. The Labute approximate surface area is 114 Å². The molecule has 1 heteroatoms. The molecule has 0 aromatic carbocycles. The molecule has 0 aromatic heterocycles. The highest BCUT2D eigenvalue weighted by molar-refractivity contribution is 4.70. The van der Waals surface area contributed by atoms with Gasteiger partial charge in [-0.25, -0.2) is 0 Å². The average molecular weight is 254 g/mol. The highest BCUT2D eigenvalue weighted by atomic mass is 16.3. The van der Waals surface area contributed by atoms with Gasteiger partial charge in [0, 0.05) is 0 Å². The Bertz CT molecular complexity index is 178. The van der Waals surface area contributed by atoms with Crippen molar-refractivity contribution in [2.45, 2.75) is 103 Å². The van der Waals surface area contributed by atoms with Gasteiger partial charge in [-0.05, 0) is 18.8 Å². The minimum Gasteiger partial charge on any atom is -0.393 e. The fourth-order valence-corrected chi connectivity index (χ4v) is 3.26. The minimum absolute atomic E-state index is 0.00606. The monoisotopic (exact) mass is 254 g/mol. The zero-order chi connectivity index (χ0) is 13.1. The lowest BCUT2D eigenvalue weighted by Gasteiger charge is -2.16. The largest absolute Gasteiger partial charge is 0.393 e. The van der Waals surface area contributed by atoms with Crippen LogP contribution < -0.4 is 0 Å². The normalized spacial score (nSPS) is 25.0. The Kier molecular flexibility index (Phi) is 9.65. The van der Waals surface area contributed by atoms with E-state index in [1.807, 2.05) is 0 Å². The van der Waals surface area contributed by atoms with Crippen LogP contribution in [0.25, 0.3) is 0 Å². The van der Waals surface area contributed by atoms with Crippen molar-refractivity contribution in [2.75, 3.05) is 0 Å². The topological polar surface area (TPSA) is 20.2 Å². The van der Waals surface area contributed by atoms with Gasteiger partial charge >= 0.3 is 0 Å². The van der Waals surface area contributed by atoms with Crippen LogP contribution in [0.15, 0.2) is 0 Å². The number of hydrogen-bond donors (Lipinski definition) is 1. The van der Waals surface area contributed by atoms with E-state index in [-0.39, 0.29) is 6.10 Å². The molecule has 18 heavy (non-hydrogen) atoms. The second-order valence-electron chi connectivity index (χ2n) is 6.30. The van der Waals surface area contributed by atoms with Gasteiger partial charge in [-0.15, -0.1) is 0 Å². The van der Waals surface area contributed by atoms with E-state index in [4.69, 9.17) is 0 Å². The lowest BCUT2D eigenvalue weighted by molar-refractivity contribution is 0.138. The summed E-state index contributed by atoms with van der Waals surface area (Å²) in [6, 6.07) is 0. The van der Waals surface area contributed by atoms with Crippen LogP contribution in [0.2, 0.25) is 0 Å². The lowest BCUT2D eigenvalue weighted by atomic mass is 9.92. The lowest BCUT2D eigenvalue weighted by Crippen LogP contribution is -2.10. The van der Waals surface area contributed by atoms with E-state index in [9.17, 15) is 5.11 Å². The molecule has 0 bridgehead atoms. The molecule has 1 aliphatic rings. The Morgan fingerprint density at radius 1 is 0.833 bits per heavy atom. The van der Waals surface area contributed by atoms with Gasteiger partial charge in [0.2, 0.25) is 0 Å². The van der Waals surface area contributed by atoms with Gasteiger partial charge in [0.15, 0.2) is 0 Å². The molecule has 0 aromatic rings. The quantitative estimate of drug-likeness (QED) is 0.428. The third-order valence-corrected chi connectivity index (χ3v) is 4.47. The molecule has 2 atom stereocenters. The molecule has 0 heterocycles. The molecule has 0 aliphatic heterocycles. The van der Waals surface area contributed by atoms with Gasteiger partial charge in [-0.3, -0.25) is 0 Å². The molecule has 0 spiro atoms. The van der Waals surface area contributed by atoms with Crippen LogP contribution in [-0.4, -0.2) is 11.2 Å². The van der Waals surface area contributed by atoms with Gasteiger partial charge in [-0.1, -0.05) is 84.0 Å². The maximum Gasteiger partial charge on any atom is 0.0542 e. The van der Waals surface area contributed by atoms with Crippen LogP contribution in [-0.2, 0) is 0 Å². The van der Waals surface area contributed by atoms with Gasteiger partial charge in [0.1, 0.15) is 0 Å². The van der Waals surface area contributed by atoms with Crippen molar-refractivity contribution in [3.8, 4) is 0 Å². The molecule has 1 N–H and O–H groups in total. The second-order valence-corrected chi connectivity index (χ2v) is 6.30. The van der Waals surface area contributed by atoms with Crippen LogP contribution in [0.4, 0.5) is 0 Å². The third kappa shape index (κ3) is 8.13. The predicted molar refractivity (Wildman–Crippen MR) is 79.8 cm³/mol. The number of rotatable bonds is 9. The number of unbranched alkanes of at least 4 members (excludes halogenated alkanes) is 7. The van der Waals surface area contributed by atoms with E-state index in [2.05, 4.69) is 6.92 Å². The number of hydrogen-bond acceptors (Lipinski definition) is 1. The van der Waals surface area contributed by atoms with Gasteiger partial charge in [0.05, 0.1) is 6.10 Å². The zero-order valence-corrected chi connectivity index (χ0v) is 12.5. The molecule has 2 unspecified atom stereocenters. The van der Waals surface area contributed by atoms with Crippen LogP contribution in [0.3, 0.4) is 0 Å². The Hall–Kier alpha value is -0.0400. The van der Waals surface area contributed by atoms with E-state index in [1.165, 1.54) is 77.0 Å². The predicted octanol–water partition coefficient (Wildman–Crippen LogP) is 5.46. The molecule has 0 amide bonds. The molecule has 1 nitrogen and oxygen atoms in total. The molecule has 1 rings (SSSR count). The van der Waals surface area contributed by atoms with Crippen molar-refractivity contribution >= 4 is 0 Å². The van der Waals surface area contributed by atoms with Gasteiger partial charge in [-0.2, -0.15) is 0 Å². The Balaban J connectivity index is 1.90. The van der Waals surface area contributed by atoms with E-state index < -0.39 is 0 Å². The molecule has 108 valence electrons. The van der Waals surface area contributed by atoms with Crippen LogP contribution >= 0.6 is 0 Å². The highest BCUT2D eigenvalue weighted by Crippen LogP contribution is 2.27. The number of aliphatic hydroxyl groups excluding tert-OH is 1. The summed E-state index contributed by atoms with van der Waals surface area (Å²) in [6.45, 7) is 2.28. The summed E-state index contributed by atoms with van der Waals surface area (Å²) in [5.74, 6) is 0.822. The minimum atomic E-state index is 0.00606. The summed E-state index contributed by atoms with van der Waals surface area (Å²) in [5, 5.41) is 9.78. The fraction of sp³-hybridized carbons (Fsp3) is 1.00.